The van der Waals surface area contributed by atoms with Gasteiger partial charge in [-0.05, 0) is 24.3 Å². The van der Waals surface area contributed by atoms with Gasteiger partial charge in [-0.3, -0.25) is 9.63 Å². The summed E-state index contributed by atoms with van der Waals surface area (Å²) >= 11 is 0. The van der Waals surface area contributed by atoms with Crippen LogP contribution in [-0.2, 0) is 9.57 Å². The summed E-state index contributed by atoms with van der Waals surface area (Å²) in [5.41, 5.74) is 2.45. The van der Waals surface area contributed by atoms with E-state index in [4.69, 9.17) is 14.7 Å². The van der Waals surface area contributed by atoms with Crippen molar-refractivity contribution in [2.24, 2.45) is 0 Å². The van der Waals surface area contributed by atoms with Gasteiger partial charge >= 0.3 is 0 Å². The van der Waals surface area contributed by atoms with Crippen molar-refractivity contribution < 1.29 is 23.9 Å². The molecule has 94 valence electrons. The maximum atomic E-state index is 12.6. The molecule has 17 heavy (non-hydrogen) atoms. The van der Waals surface area contributed by atoms with Crippen molar-refractivity contribution in [1.82, 2.24) is 5.48 Å². The number of aliphatic hydroxyl groups excluding tert-OH is 1. The Morgan fingerprint density at radius 1 is 1.47 bits per heavy atom. The Hall–Kier alpha value is -1.50. The first-order chi connectivity index (χ1) is 8.17. The van der Waals surface area contributed by atoms with Crippen LogP contribution < -0.4 is 5.48 Å². The van der Waals surface area contributed by atoms with Crippen LogP contribution >= 0.6 is 0 Å². The third-order valence-corrected chi connectivity index (χ3v) is 2.08. The second kappa shape index (κ2) is 6.95. The fraction of sp³-hybridized carbons (Fsp3) is 0.364. The molecule has 1 aromatic carbocycles. The van der Waals surface area contributed by atoms with Gasteiger partial charge in [-0.1, -0.05) is 0 Å². The average molecular weight is 243 g/mol. The van der Waals surface area contributed by atoms with Crippen molar-refractivity contribution in [3.63, 3.8) is 0 Å². The zero-order chi connectivity index (χ0) is 12.7. The summed E-state index contributed by atoms with van der Waals surface area (Å²) in [7, 11) is 1.42. The molecule has 1 amide bonds. The van der Waals surface area contributed by atoms with Crippen LogP contribution in [0.5, 0.6) is 0 Å². The third kappa shape index (κ3) is 4.48. The van der Waals surface area contributed by atoms with Gasteiger partial charge in [-0.2, -0.15) is 0 Å². The van der Waals surface area contributed by atoms with Gasteiger partial charge in [0.25, 0.3) is 5.91 Å². The van der Waals surface area contributed by atoms with Crippen molar-refractivity contribution in [1.29, 1.82) is 0 Å². The highest BCUT2D eigenvalue weighted by Crippen LogP contribution is 2.02. The predicted octanol–water partition coefficient (Wildman–Crippen LogP) is 0.494. The molecule has 0 spiro atoms. The molecule has 0 saturated heterocycles. The number of benzene rings is 1. The van der Waals surface area contributed by atoms with Crippen LogP contribution in [0.15, 0.2) is 24.3 Å². The summed E-state index contributed by atoms with van der Waals surface area (Å²) in [6.45, 7) is -0.178. The number of nitrogens with one attached hydrogen (secondary N) is 1. The minimum absolute atomic E-state index is 0.0277. The van der Waals surface area contributed by atoms with Crippen molar-refractivity contribution in [2.75, 3.05) is 20.3 Å². The normalized spacial score (nSPS) is 12.2. The second-order valence-electron chi connectivity index (χ2n) is 3.29. The zero-order valence-corrected chi connectivity index (χ0v) is 9.35. The molecule has 0 aliphatic heterocycles. The number of halogens is 1. The Morgan fingerprint density at radius 3 is 2.65 bits per heavy atom. The molecule has 1 atom stereocenters. The first kappa shape index (κ1) is 13.6. The van der Waals surface area contributed by atoms with Crippen LogP contribution in [0, 0.1) is 5.82 Å². The van der Waals surface area contributed by atoms with E-state index >= 15 is 0 Å². The van der Waals surface area contributed by atoms with Gasteiger partial charge in [0.15, 0.2) is 0 Å². The van der Waals surface area contributed by atoms with Crippen molar-refractivity contribution >= 4 is 5.91 Å². The molecule has 1 aromatic rings. The Balaban J connectivity index is 2.37. The average Bonchev–Trinajstić information content (AvgIpc) is 2.35. The molecule has 0 bridgehead atoms. The highest BCUT2D eigenvalue weighted by Gasteiger charge is 2.08. The molecule has 0 aromatic heterocycles. The molecule has 5 nitrogen and oxygen atoms in total. The van der Waals surface area contributed by atoms with Gasteiger partial charge in [0, 0.05) is 12.7 Å². The van der Waals surface area contributed by atoms with Crippen LogP contribution in [0.2, 0.25) is 0 Å². The Morgan fingerprint density at radius 2 is 2.12 bits per heavy atom. The molecule has 2 N–H and O–H groups in total. The van der Waals surface area contributed by atoms with Crippen LogP contribution in [-0.4, -0.2) is 37.4 Å². The monoisotopic (exact) mass is 243 g/mol. The van der Waals surface area contributed by atoms with Gasteiger partial charge in [-0.15, -0.1) is 0 Å². The van der Waals surface area contributed by atoms with E-state index in [2.05, 4.69) is 5.48 Å². The number of amides is 1. The quantitative estimate of drug-likeness (QED) is 0.714. The summed E-state index contributed by atoms with van der Waals surface area (Å²) in [6.07, 6.45) is -0.497. The van der Waals surface area contributed by atoms with Gasteiger partial charge in [0.05, 0.1) is 6.61 Å². The molecule has 0 fully saturated rings. The Bertz CT molecular complexity index is 351. The first-order valence-electron chi connectivity index (χ1n) is 4.98. The van der Waals surface area contributed by atoms with Crippen molar-refractivity contribution in [3.05, 3.63) is 35.6 Å². The molecule has 1 unspecified atom stereocenters. The summed E-state index contributed by atoms with van der Waals surface area (Å²) in [4.78, 5) is 16.3. The summed E-state index contributed by atoms with van der Waals surface area (Å²) < 4.78 is 17.4. The minimum atomic E-state index is -0.497. The largest absolute Gasteiger partial charge is 0.394 e. The van der Waals surface area contributed by atoms with Gasteiger partial charge in [0.2, 0.25) is 0 Å². The lowest BCUT2D eigenvalue weighted by Gasteiger charge is -2.12. The number of carbonyl (C=O) groups excluding carboxylic acids is 1. The number of carbonyl (C=O) groups is 1. The predicted molar refractivity (Wildman–Crippen MR) is 57.7 cm³/mol. The fourth-order valence-electron chi connectivity index (χ4n) is 1.06. The second-order valence-corrected chi connectivity index (χ2v) is 3.29. The summed E-state index contributed by atoms with van der Waals surface area (Å²) in [5.74, 6) is -0.903. The molecule has 0 radical (unpaired) electrons. The molecular weight excluding hydrogens is 229 g/mol. The Kier molecular flexibility index (Phi) is 5.55. The SMILES string of the molecule is COC(CO)CONC(=O)c1ccc(F)cc1. The Labute approximate surface area is 98.1 Å². The van der Waals surface area contributed by atoms with E-state index in [1.807, 2.05) is 0 Å². The van der Waals surface area contributed by atoms with Crippen LogP contribution in [0.1, 0.15) is 10.4 Å². The highest BCUT2D eigenvalue weighted by molar-refractivity contribution is 5.93. The number of ether oxygens (including phenoxy) is 1. The van der Waals surface area contributed by atoms with E-state index in [1.165, 1.54) is 31.4 Å². The number of hydrogen-bond donors (Lipinski definition) is 2. The zero-order valence-electron chi connectivity index (χ0n) is 9.35. The first-order valence-corrected chi connectivity index (χ1v) is 4.98. The van der Waals surface area contributed by atoms with Crippen LogP contribution in [0.4, 0.5) is 4.39 Å². The lowest BCUT2D eigenvalue weighted by Crippen LogP contribution is -2.30. The number of aliphatic hydroxyl groups is 1. The van der Waals surface area contributed by atoms with E-state index in [1.54, 1.807) is 0 Å². The molecule has 0 aliphatic rings. The van der Waals surface area contributed by atoms with Crippen LogP contribution in [0.3, 0.4) is 0 Å². The molecule has 1 rings (SSSR count). The summed E-state index contributed by atoms with van der Waals surface area (Å²) in [6, 6.07) is 5.04. The van der Waals surface area contributed by atoms with Gasteiger partial charge < -0.3 is 9.84 Å². The molecule has 0 saturated carbocycles. The standard InChI is InChI=1S/C11H14FNO4/c1-16-10(6-14)7-17-13-11(15)8-2-4-9(12)5-3-8/h2-5,10,14H,6-7H2,1H3,(H,13,15). The molecular formula is C11H14FNO4. The lowest BCUT2D eigenvalue weighted by atomic mass is 10.2. The number of hydroxylamine groups is 1. The van der Waals surface area contributed by atoms with Gasteiger partial charge in [-0.25, -0.2) is 9.87 Å². The maximum absolute atomic E-state index is 12.6. The summed E-state index contributed by atoms with van der Waals surface area (Å²) in [5, 5.41) is 8.78. The lowest BCUT2D eigenvalue weighted by molar-refractivity contribution is -0.0469. The van der Waals surface area contributed by atoms with E-state index < -0.39 is 17.8 Å². The fourth-order valence-corrected chi connectivity index (χ4v) is 1.06. The number of hydrogen-bond acceptors (Lipinski definition) is 4. The highest BCUT2D eigenvalue weighted by atomic mass is 19.1. The molecule has 0 aliphatic carbocycles. The van der Waals surface area contributed by atoms with E-state index in [-0.39, 0.29) is 18.8 Å². The van der Waals surface area contributed by atoms with Crippen LogP contribution in [0.25, 0.3) is 0 Å². The van der Waals surface area contributed by atoms with Gasteiger partial charge in [0.1, 0.15) is 18.5 Å². The molecule has 6 heteroatoms. The van der Waals surface area contributed by atoms with E-state index in [0.717, 1.165) is 0 Å². The minimum Gasteiger partial charge on any atom is -0.394 e. The smallest absolute Gasteiger partial charge is 0.274 e. The third-order valence-electron chi connectivity index (χ3n) is 2.08. The number of methoxy groups -OCH3 is 1. The van der Waals surface area contributed by atoms with Crippen molar-refractivity contribution in [3.8, 4) is 0 Å². The van der Waals surface area contributed by atoms with E-state index in [9.17, 15) is 9.18 Å². The molecule has 0 heterocycles. The van der Waals surface area contributed by atoms with E-state index in [0.29, 0.717) is 0 Å². The maximum Gasteiger partial charge on any atom is 0.274 e. The topological polar surface area (TPSA) is 67.8 Å². The number of rotatable bonds is 6. The van der Waals surface area contributed by atoms with Crippen molar-refractivity contribution in [2.45, 2.75) is 6.10 Å².